The zero-order chi connectivity index (χ0) is 26.2. The highest BCUT2D eigenvalue weighted by molar-refractivity contribution is 5.88. The van der Waals surface area contributed by atoms with E-state index in [0.717, 1.165) is 41.2 Å². The minimum Gasteiger partial charge on any atom is -0.461 e. The van der Waals surface area contributed by atoms with Crippen LogP contribution in [0, 0.1) is 5.92 Å². The molecule has 1 aromatic carbocycles. The molecule has 4 aromatic heterocycles. The largest absolute Gasteiger partial charge is 0.461 e. The summed E-state index contributed by atoms with van der Waals surface area (Å²) in [6, 6.07) is 10.5. The number of carbonyl (C=O) groups excluding carboxylic acids is 1. The Morgan fingerprint density at radius 2 is 2.00 bits per heavy atom. The van der Waals surface area contributed by atoms with E-state index in [1.165, 1.54) is 10.9 Å². The molecule has 6 rings (SSSR count). The number of ether oxygens (including phenoxy) is 1. The number of nitrogens with one attached hydrogen (secondary N) is 1. The van der Waals surface area contributed by atoms with Crippen LogP contribution in [0.4, 0.5) is 5.82 Å². The lowest BCUT2D eigenvalue weighted by atomic mass is 10.0. The highest BCUT2D eigenvalue weighted by Gasteiger charge is 2.34. The second-order valence-corrected chi connectivity index (χ2v) is 9.64. The fourth-order valence-electron chi connectivity index (χ4n) is 4.63. The van der Waals surface area contributed by atoms with Crippen molar-refractivity contribution >= 4 is 33.7 Å². The number of nitrogens with zero attached hydrogens (tertiary/aromatic N) is 8. The van der Waals surface area contributed by atoms with E-state index in [0.29, 0.717) is 17.3 Å². The Morgan fingerprint density at radius 3 is 2.79 bits per heavy atom. The number of anilines is 1. The van der Waals surface area contributed by atoms with Crippen molar-refractivity contribution in [2.75, 3.05) is 11.9 Å². The van der Waals surface area contributed by atoms with E-state index in [2.05, 4.69) is 46.7 Å². The maximum Gasteiger partial charge on any atom is 0.360 e. The monoisotopic (exact) mass is 511 g/mol. The van der Waals surface area contributed by atoms with Crippen molar-refractivity contribution in [1.29, 1.82) is 0 Å². The highest BCUT2D eigenvalue weighted by atomic mass is 16.5. The van der Waals surface area contributed by atoms with E-state index in [4.69, 9.17) is 19.7 Å². The minimum absolute atomic E-state index is 0.0178. The van der Waals surface area contributed by atoms with Crippen molar-refractivity contribution in [1.82, 2.24) is 39.7 Å². The first kappa shape index (κ1) is 24.0. The van der Waals surface area contributed by atoms with Gasteiger partial charge in [0.05, 0.1) is 30.6 Å². The van der Waals surface area contributed by atoms with Crippen molar-refractivity contribution in [2.45, 2.75) is 52.1 Å². The van der Waals surface area contributed by atoms with Crippen LogP contribution >= 0.6 is 0 Å². The Labute approximate surface area is 219 Å². The van der Waals surface area contributed by atoms with Gasteiger partial charge in [0.1, 0.15) is 11.0 Å². The van der Waals surface area contributed by atoms with Crippen molar-refractivity contribution in [3.63, 3.8) is 0 Å². The van der Waals surface area contributed by atoms with Gasteiger partial charge in [0, 0.05) is 17.6 Å². The fourth-order valence-corrected chi connectivity index (χ4v) is 4.63. The maximum absolute atomic E-state index is 12.1. The van der Waals surface area contributed by atoms with Crippen molar-refractivity contribution in [3.8, 4) is 5.95 Å². The molecule has 1 aliphatic carbocycles. The first-order valence-corrected chi connectivity index (χ1v) is 13.0. The summed E-state index contributed by atoms with van der Waals surface area (Å²) >= 11 is 0. The standard InChI is InChI=1S/C27H29N9O2/c1-4-16(3)36-24-21(14-29-36)30-27(35-15-22(33-34-35)26(37)38-5-2)32-25(24)31-23(17-10-11-17)19-12-18-8-6-7-9-20(18)28-13-19/h6-9,12-17,23H,4-5,10-11H2,1-3H3,(H,30,31,32)/t16?,23-/m1/s1. The molecule has 0 spiro atoms. The van der Waals surface area contributed by atoms with E-state index in [9.17, 15) is 4.79 Å². The lowest BCUT2D eigenvalue weighted by Gasteiger charge is -2.21. The van der Waals surface area contributed by atoms with Crippen LogP contribution in [0.15, 0.2) is 48.9 Å². The molecule has 1 unspecified atom stereocenters. The third-order valence-corrected chi connectivity index (χ3v) is 6.98. The topological polar surface area (TPSA) is 126 Å². The van der Waals surface area contributed by atoms with Crippen molar-refractivity contribution in [2.24, 2.45) is 5.92 Å². The van der Waals surface area contributed by atoms with Gasteiger partial charge in [0.25, 0.3) is 5.95 Å². The van der Waals surface area contributed by atoms with E-state index in [1.54, 1.807) is 13.1 Å². The zero-order valence-electron chi connectivity index (χ0n) is 21.6. The molecule has 4 heterocycles. The van der Waals surface area contributed by atoms with Gasteiger partial charge in [0.2, 0.25) is 0 Å². The molecule has 2 atom stereocenters. The van der Waals surface area contributed by atoms with Gasteiger partial charge in [-0.15, -0.1) is 5.10 Å². The predicted octanol–water partition coefficient (Wildman–Crippen LogP) is 4.67. The lowest BCUT2D eigenvalue weighted by molar-refractivity contribution is 0.0519. The maximum atomic E-state index is 12.1. The van der Waals surface area contributed by atoms with Gasteiger partial charge >= 0.3 is 5.97 Å². The molecule has 11 heteroatoms. The summed E-state index contributed by atoms with van der Waals surface area (Å²) < 4.78 is 8.41. The van der Waals surface area contributed by atoms with Gasteiger partial charge in [-0.25, -0.2) is 9.78 Å². The third kappa shape index (κ3) is 4.44. The number of aromatic nitrogens is 8. The van der Waals surface area contributed by atoms with Gasteiger partial charge in [-0.2, -0.15) is 14.8 Å². The number of hydrogen-bond donors (Lipinski definition) is 1. The van der Waals surface area contributed by atoms with Crippen molar-refractivity contribution in [3.05, 3.63) is 60.2 Å². The molecule has 0 saturated heterocycles. The van der Waals surface area contributed by atoms with Crippen LogP contribution in [0.2, 0.25) is 0 Å². The second-order valence-electron chi connectivity index (χ2n) is 9.64. The third-order valence-electron chi connectivity index (χ3n) is 6.98. The molecule has 1 N–H and O–H groups in total. The number of rotatable bonds is 9. The van der Waals surface area contributed by atoms with Crippen LogP contribution in [-0.2, 0) is 4.74 Å². The van der Waals surface area contributed by atoms with E-state index < -0.39 is 5.97 Å². The molecule has 38 heavy (non-hydrogen) atoms. The molecule has 0 bridgehead atoms. The Balaban J connectivity index is 1.44. The molecular weight excluding hydrogens is 482 g/mol. The Hall–Kier alpha value is -4.41. The van der Waals surface area contributed by atoms with Gasteiger partial charge < -0.3 is 10.1 Å². The SMILES string of the molecule is CCOC(=O)c1cn(-c2nc(N[C@@H](c3cnc4ccccc4c3)C3CC3)c3c(cnn3C(C)CC)n2)nn1. The first-order valence-electron chi connectivity index (χ1n) is 13.0. The molecule has 11 nitrogen and oxygen atoms in total. The predicted molar refractivity (Wildman–Crippen MR) is 142 cm³/mol. The summed E-state index contributed by atoms with van der Waals surface area (Å²) in [7, 11) is 0. The Bertz CT molecular complexity index is 1620. The molecule has 5 aromatic rings. The first-order chi connectivity index (χ1) is 18.6. The number of carbonyl (C=O) groups is 1. The van der Waals surface area contributed by atoms with Gasteiger partial charge in [-0.3, -0.25) is 9.67 Å². The second kappa shape index (κ2) is 9.81. The summed E-state index contributed by atoms with van der Waals surface area (Å²) in [5, 5.41) is 17.5. The molecule has 1 aliphatic rings. The van der Waals surface area contributed by atoms with Crippen LogP contribution in [0.25, 0.3) is 27.9 Å². The van der Waals surface area contributed by atoms with E-state index in [1.807, 2.05) is 29.1 Å². The Kier molecular flexibility index (Phi) is 6.18. The fraction of sp³-hybridized carbons (Fsp3) is 0.370. The number of para-hydroxylation sites is 1. The summed E-state index contributed by atoms with van der Waals surface area (Å²) in [6.07, 6.45) is 8.33. The molecule has 0 amide bonds. The van der Waals surface area contributed by atoms with Gasteiger partial charge in [0.15, 0.2) is 11.5 Å². The lowest BCUT2D eigenvalue weighted by Crippen LogP contribution is -2.17. The van der Waals surface area contributed by atoms with Crippen LogP contribution in [0.3, 0.4) is 0 Å². The molecular formula is C27H29N9O2. The average Bonchev–Trinajstić information content (AvgIpc) is 3.48. The quantitative estimate of drug-likeness (QED) is 0.281. The summed E-state index contributed by atoms with van der Waals surface area (Å²) in [4.78, 5) is 26.4. The zero-order valence-corrected chi connectivity index (χ0v) is 21.6. The smallest absolute Gasteiger partial charge is 0.360 e. The summed E-state index contributed by atoms with van der Waals surface area (Å²) in [6.45, 7) is 6.25. The van der Waals surface area contributed by atoms with Crippen LogP contribution in [-0.4, -0.2) is 52.3 Å². The number of hydrogen-bond acceptors (Lipinski definition) is 9. The molecule has 1 saturated carbocycles. The average molecular weight is 512 g/mol. The number of fused-ring (bicyclic) bond motifs is 2. The van der Waals surface area contributed by atoms with Crippen LogP contribution in [0.5, 0.6) is 0 Å². The van der Waals surface area contributed by atoms with Gasteiger partial charge in [-0.1, -0.05) is 30.3 Å². The number of benzene rings is 1. The number of pyridine rings is 1. The van der Waals surface area contributed by atoms with E-state index >= 15 is 0 Å². The summed E-state index contributed by atoms with van der Waals surface area (Å²) in [5.41, 5.74) is 3.68. The van der Waals surface area contributed by atoms with Crippen LogP contribution < -0.4 is 5.32 Å². The minimum atomic E-state index is -0.541. The highest BCUT2D eigenvalue weighted by Crippen LogP contribution is 2.44. The Morgan fingerprint density at radius 1 is 1.16 bits per heavy atom. The van der Waals surface area contributed by atoms with Crippen molar-refractivity contribution < 1.29 is 9.53 Å². The summed E-state index contributed by atoms with van der Waals surface area (Å²) in [5.74, 6) is 0.868. The van der Waals surface area contributed by atoms with Gasteiger partial charge in [-0.05, 0) is 56.7 Å². The van der Waals surface area contributed by atoms with E-state index in [-0.39, 0.29) is 30.3 Å². The molecule has 1 fully saturated rings. The molecule has 194 valence electrons. The van der Waals surface area contributed by atoms with Crippen LogP contribution in [0.1, 0.15) is 68.2 Å². The normalized spacial score (nSPS) is 15.0. The number of esters is 1. The molecule has 0 aliphatic heterocycles. The molecule has 0 radical (unpaired) electrons.